The van der Waals surface area contributed by atoms with Gasteiger partial charge in [0.15, 0.2) is 0 Å². The first-order valence-corrected chi connectivity index (χ1v) is 4.71. The summed E-state index contributed by atoms with van der Waals surface area (Å²) in [5, 5.41) is 0.653. The molecule has 56 valence electrons. The van der Waals surface area contributed by atoms with Crippen molar-refractivity contribution in [1.82, 2.24) is 0 Å². The van der Waals surface area contributed by atoms with Gasteiger partial charge in [-0.25, -0.2) is 0 Å². The van der Waals surface area contributed by atoms with Crippen molar-refractivity contribution in [3.05, 3.63) is 0 Å². The summed E-state index contributed by atoms with van der Waals surface area (Å²) in [7, 11) is 4.83. The summed E-state index contributed by atoms with van der Waals surface area (Å²) in [5.74, 6) is 0. The SMILES string of the molecule is BC1(B)CCCCCCC1. The molecule has 0 saturated heterocycles. The van der Waals surface area contributed by atoms with E-state index in [9.17, 15) is 0 Å². The lowest BCUT2D eigenvalue weighted by Gasteiger charge is -2.26. The lowest BCUT2D eigenvalue weighted by atomic mass is 9.50. The van der Waals surface area contributed by atoms with Crippen molar-refractivity contribution in [2.24, 2.45) is 0 Å². The van der Waals surface area contributed by atoms with Crippen molar-refractivity contribution in [3.8, 4) is 0 Å². The third kappa shape index (κ3) is 2.81. The highest BCUT2D eigenvalue weighted by atomic mass is 14.1. The molecule has 1 fully saturated rings. The van der Waals surface area contributed by atoms with Crippen molar-refractivity contribution in [1.29, 1.82) is 0 Å². The van der Waals surface area contributed by atoms with Gasteiger partial charge in [-0.05, 0) is 0 Å². The third-order valence-electron chi connectivity index (χ3n) is 2.71. The van der Waals surface area contributed by atoms with Crippen LogP contribution in [0.1, 0.15) is 44.9 Å². The molecule has 1 saturated carbocycles. The molecule has 0 spiro atoms. The second-order valence-corrected chi connectivity index (χ2v) is 4.43. The summed E-state index contributed by atoms with van der Waals surface area (Å²) in [4.78, 5) is 0. The standard InChI is InChI=1S/C8H18B2/c9-8(10)6-4-2-1-3-5-7-8/h1-7,9-10H2. The largest absolute Gasteiger partial charge is 0.0992 e. The van der Waals surface area contributed by atoms with Crippen LogP contribution in [0.3, 0.4) is 0 Å². The average Bonchev–Trinajstić information content (AvgIpc) is 1.81. The van der Waals surface area contributed by atoms with E-state index in [2.05, 4.69) is 15.7 Å². The Hall–Kier alpha value is 0.130. The fourth-order valence-electron chi connectivity index (χ4n) is 1.86. The molecule has 0 atom stereocenters. The van der Waals surface area contributed by atoms with Crippen LogP contribution in [0.15, 0.2) is 0 Å². The third-order valence-corrected chi connectivity index (χ3v) is 2.71. The molecule has 0 nitrogen and oxygen atoms in total. The van der Waals surface area contributed by atoms with E-state index in [1.807, 2.05) is 0 Å². The molecule has 0 N–H and O–H groups in total. The Labute approximate surface area is 66.6 Å². The molecule has 10 heavy (non-hydrogen) atoms. The molecule has 0 bridgehead atoms. The molecule has 0 unspecified atom stereocenters. The molecule has 0 aromatic carbocycles. The van der Waals surface area contributed by atoms with Gasteiger partial charge in [0.05, 0.1) is 15.7 Å². The summed E-state index contributed by atoms with van der Waals surface area (Å²) >= 11 is 0. The van der Waals surface area contributed by atoms with Crippen LogP contribution in [0.5, 0.6) is 0 Å². The highest BCUT2D eigenvalue weighted by Crippen LogP contribution is 2.33. The highest BCUT2D eigenvalue weighted by molar-refractivity contribution is 6.39. The Bertz CT molecular complexity index is 89.4. The normalized spacial score (nSPS) is 26.8. The van der Waals surface area contributed by atoms with Crippen molar-refractivity contribution in [3.63, 3.8) is 0 Å². The van der Waals surface area contributed by atoms with Gasteiger partial charge in [-0.3, -0.25) is 0 Å². The molecular weight excluding hydrogens is 118 g/mol. The molecule has 1 aliphatic carbocycles. The minimum absolute atomic E-state index is 0.653. The first-order valence-electron chi connectivity index (χ1n) is 4.71. The van der Waals surface area contributed by atoms with Crippen LogP contribution in [0, 0.1) is 0 Å². The van der Waals surface area contributed by atoms with E-state index in [4.69, 9.17) is 0 Å². The average molecular weight is 136 g/mol. The van der Waals surface area contributed by atoms with Crippen molar-refractivity contribution >= 4 is 15.7 Å². The van der Waals surface area contributed by atoms with Gasteiger partial charge in [-0.1, -0.05) is 50.2 Å². The first-order chi connectivity index (χ1) is 4.71. The van der Waals surface area contributed by atoms with E-state index in [1.165, 1.54) is 44.9 Å². The van der Waals surface area contributed by atoms with E-state index in [0.717, 1.165) is 0 Å². The van der Waals surface area contributed by atoms with Gasteiger partial charge in [0.1, 0.15) is 0 Å². The maximum absolute atomic E-state index is 2.42. The molecule has 0 aliphatic heterocycles. The molecule has 0 radical (unpaired) electrons. The molecule has 2 heteroatoms. The van der Waals surface area contributed by atoms with E-state index < -0.39 is 0 Å². The topological polar surface area (TPSA) is 0 Å². The zero-order valence-electron chi connectivity index (χ0n) is 7.45. The highest BCUT2D eigenvalue weighted by Gasteiger charge is 2.18. The molecular formula is C8H18B2. The number of rotatable bonds is 0. The van der Waals surface area contributed by atoms with Crippen LogP contribution in [-0.2, 0) is 0 Å². The Morgan fingerprint density at radius 1 is 0.700 bits per heavy atom. The molecule has 0 heterocycles. The number of hydrogen-bond acceptors (Lipinski definition) is 0. The zero-order valence-corrected chi connectivity index (χ0v) is 7.45. The summed E-state index contributed by atoms with van der Waals surface area (Å²) in [6.45, 7) is 0. The molecule has 0 aromatic heterocycles. The van der Waals surface area contributed by atoms with E-state index in [-0.39, 0.29) is 0 Å². The maximum atomic E-state index is 2.42. The Kier molecular flexibility index (Phi) is 2.88. The maximum Gasteiger partial charge on any atom is 0.0992 e. The van der Waals surface area contributed by atoms with E-state index in [0.29, 0.717) is 5.21 Å². The fraction of sp³-hybridized carbons (Fsp3) is 1.00. The summed E-state index contributed by atoms with van der Waals surface area (Å²) < 4.78 is 0. The van der Waals surface area contributed by atoms with Gasteiger partial charge in [0.2, 0.25) is 0 Å². The Morgan fingerprint density at radius 3 is 1.60 bits per heavy atom. The van der Waals surface area contributed by atoms with Crippen molar-refractivity contribution in [2.75, 3.05) is 0 Å². The number of hydrogen-bond donors (Lipinski definition) is 0. The van der Waals surface area contributed by atoms with Crippen molar-refractivity contribution in [2.45, 2.75) is 50.2 Å². The van der Waals surface area contributed by atoms with Crippen LogP contribution in [0.4, 0.5) is 0 Å². The Morgan fingerprint density at radius 2 is 1.10 bits per heavy atom. The van der Waals surface area contributed by atoms with Gasteiger partial charge >= 0.3 is 0 Å². The van der Waals surface area contributed by atoms with Gasteiger partial charge in [-0.15, -0.1) is 0 Å². The predicted octanol–water partition coefficient (Wildman–Crippen LogP) is 1.11. The molecule has 0 aromatic rings. The lowest BCUT2D eigenvalue weighted by molar-refractivity contribution is 0.477. The summed E-state index contributed by atoms with van der Waals surface area (Å²) in [5.41, 5.74) is 0. The lowest BCUT2D eigenvalue weighted by Crippen LogP contribution is -2.14. The van der Waals surface area contributed by atoms with Crippen LogP contribution in [0.2, 0.25) is 5.21 Å². The van der Waals surface area contributed by atoms with Crippen LogP contribution >= 0.6 is 0 Å². The smallest absolute Gasteiger partial charge is 0.0845 e. The summed E-state index contributed by atoms with van der Waals surface area (Å²) in [6, 6.07) is 0. The monoisotopic (exact) mass is 136 g/mol. The first kappa shape index (κ1) is 8.23. The fourth-order valence-corrected chi connectivity index (χ4v) is 1.86. The second-order valence-electron chi connectivity index (χ2n) is 4.43. The van der Waals surface area contributed by atoms with Crippen LogP contribution < -0.4 is 0 Å². The van der Waals surface area contributed by atoms with Gasteiger partial charge in [0, 0.05) is 0 Å². The van der Waals surface area contributed by atoms with Crippen molar-refractivity contribution < 1.29 is 0 Å². The van der Waals surface area contributed by atoms with Crippen LogP contribution in [0.25, 0.3) is 0 Å². The van der Waals surface area contributed by atoms with E-state index >= 15 is 0 Å². The molecule has 0 amide bonds. The van der Waals surface area contributed by atoms with Gasteiger partial charge < -0.3 is 0 Å². The van der Waals surface area contributed by atoms with Crippen LogP contribution in [-0.4, -0.2) is 15.7 Å². The molecule has 1 rings (SSSR count). The quantitative estimate of drug-likeness (QED) is 0.437. The summed E-state index contributed by atoms with van der Waals surface area (Å²) in [6.07, 6.45) is 10.3. The van der Waals surface area contributed by atoms with E-state index in [1.54, 1.807) is 0 Å². The zero-order chi connectivity index (χ0) is 7.45. The van der Waals surface area contributed by atoms with Gasteiger partial charge in [0.25, 0.3) is 0 Å². The minimum atomic E-state index is 0.653. The predicted molar refractivity (Wildman–Crippen MR) is 52.1 cm³/mol. The minimum Gasteiger partial charge on any atom is -0.0845 e. The van der Waals surface area contributed by atoms with Gasteiger partial charge in [-0.2, -0.15) is 0 Å². The second kappa shape index (κ2) is 3.50. The Balaban J connectivity index is 2.30. The molecule has 1 aliphatic rings.